The van der Waals surface area contributed by atoms with E-state index in [9.17, 15) is 23.1 Å². The van der Waals surface area contributed by atoms with Gasteiger partial charge in [-0.3, -0.25) is 13.9 Å². The Balaban J connectivity index is 1.34. The van der Waals surface area contributed by atoms with E-state index in [0.29, 0.717) is 17.9 Å². The van der Waals surface area contributed by atoms with E-state index in [1.807, 2.05) is 24.3 Å². The van der Waals surface area contributed by atoms with E-state index in [1.165, 1.54) is 28.6 Å². The number of nitrogens with one attached hydrogen (secondary N) is 1. The number of sulfonamides is 1. The summed E-state index contributed by atoms with van der Waals surface area (Å²) in [5.74, 6) is -3.32. The summed E-state index contributed by atoms with van der Waals surface area (Å²) in [4.78, 5) is 24.5. The smallest absolute Gasteiger partial charge is 0.310 e. The molecule has 0 aromatic heterocycles. The Hall–Kier alpha value is -3.17. The zero-order chi connectivity index (χ0) is 22.5. The van der Waals surface area contributed by atoms with Crippen molar-refractivity contribution in [1.29, 1.82) is 0 Å². The zero-order valence-electron chi connectivity index (χ0n) is 17.0. The van der Waals surface area contributed by atoms with Crippen LogP contribution in [0.1, 0.15) is 12.0 Å². The number of carbonyl (C=O) groups is 2. The van der Waals surface area contributed by atoms with Crippen LogP contribution in [0.5, 0.6) is 0 Å². The number of aliphatic carboxylic acids is 1. The van der Waals surface area contributed by atoms with Crippen molar-refractivity contribution in [3.63, 3.8) is 0 Å². The second-order valence-electron chi connectivity index (χ2n) is 8.16. The van der Waals surface area contributed by atoms with Crippen LogP contribution in [0, 0.1) is 11.8 Å². The maximum absolute atomic E-state index is 13.2. The van der Waals surface area contributed by atoms with Gasteiger partial charge in [-0.05, 0) is 48.7 Å². The molecule has 2 aromatic rings. The van der Waals surface area contributed by atoms with Crippen LogP contribution in [0.3, 0.4) is 0 Å². The highest BCUT2D eigenvalue weighted by atomic mass is 32.2. The zero-order valence-corrected chi connectivity index (χ0v) is 17.9. The minimum absolute atomic E-state index is 0.127. The molecule has 0 saturated carbocycles. The molecule has 0 aliphatic carbocycles. The topological polar surface area (TPSA) is 113 Å². The summed E-state index contributed by atoms with van der Waals surface area (Å²) < 4.78 is 33.5. The molecule has 3 aliphatic heterocycles. The lowest BCUT2D eigenvalue weighted by Crippen LogP contribution is -2.39. The Morgan fingerprint density at radius 2 is 1.69 bits per heavy atom. The van der Waals surface area contributed by atoms with E-state index < -0.39 is 45.9 Å². The van der Waals surface area contributed by atoms with Gasteiger partial charge in [-0.25, -0.2) is 8.42 Å². The van der Waals surface area contributed by atoms with Crippen LogP contribution in [0.25, 0.3) is 0 Å². The number of hydrogen-bond donors (Lipinski definition) is 2. The van der Waals surface area contributed by atoms with Crippen molar-refractivity contribution in [3.05, 3.63) is 66.2 Å². The lowest BCUT2D eigenvalue weighted by Gasteiger charge is -2.30. The number of carboxylic acids is 1. The van der Waals surface area contributed by atoms with Gasteiger partial charge in [0.15, 0.2) is 0 Å². The van der Waals surface area contributed by atoms with E-state index in [0.717, 1.165) is 18.4 Å². The normalized spacial score (nSPS) is 26.1. The molecule has 3 aliphatic rings. The second-order valence-corrected chi connectivity index (χ2v) is 10.0. The number of rotatable bonds is 5. The van der Waals surface area contributed by atoms with Crippen molar-refractivity contribution >= 4 is 33.3 Å². The first-order valence-electron chi connectivity index (χ1n) is 10.4. The van der Waals surface area contributed by atoms with Crippen LogP contribution in [0.15, 0.2) is 65.6 Å². The molecule has 0 unspecified atom stereocenters. The number of ether oxygens (including phenoxy) is 1. The first-order chi connectivity index (χ1) is 15.4. The molecule has 2 aromatic carbocycles. The van der Waals surface area contributed by atoms with Crippen LogP contribution in [-0.2, 0) is 30.8 Å². The van der Waals surface area contributed by atoms with E-state index in [1.54, 1.807) is 12.2 Å². The first-order valence-corrected chi connectivity index (χ1v) is 11.9. The van der Waals surface area contributed by atoms with Gasteiger partial charge in [0.1, 0.15) is 5.92 Å². The summed E-state index contributed by atoms with van der Waals surface area (Å²) in [6.45, 7) is 0.409. The average molecular weight is 455 g/mol. The highest BCUT2D eigenvalue weighted by molar-refractivity contribution is 7.92. The summed E-state index contributed by atoms with van der Waals surface area (Å²) in [5, 5.41) is 12.2. The molecule has 9 heteroatoms. The number of carbonyl (C=O) groups excluding carboxylic acids is 1. The monoisotopic (exact) mass is 454 g/mol. The summed E-state index contributed by atoms with van der Waals surface area (Å²) in [6.07, 6.45) is 3.79. The quantitative estimate of drug-likeness (QED) is 0.671. The largest absolute Gasteiger partial charge is 0.481 e. The van der Waals surface area contributed by atoms with Gasteiger partial charge in [0.05, 0.1) is 28.7 Å². The number of carboxylic acid groups (broad SMARTS) is 1. The highest BCUT2D eigenvalue weighted by Gasteiger charge is 2.53. The number of anilines is 2. The molecule has 4 atom stereocenters. The van der Waals surface area contributed by atoms with Crippen molar-refractivity contribution in [2.75, 3.05) is 16.2 Å². The predicted octanol–water partition coefficient (Wildman–Crippen LogP) is 2.42. The number of amides is 1. The van der Waals surface area contributed by atoms with Gasteiger partial charge in [0.2, 0.25) is 5.91 Å². The van der Waals surface area contributed by atoms with E-state index >= 15 is 0 Å². The van der Waals surface area contributed by atoms with Gasteiger partial charge in [0.25, 0.3) is 10.0 Å². The molecule has 5 rings (SSSR count). The summed E-state index contributed by atoms with van der Waals surface area (Å²) >= 11 is 0. The molecule has 2 N–H and O–H groups in total. The third-order valence-electron chi connectivity index (χ3n) is 6.26. The maximum atomic E-state index is 13.2. The lowest BCUT2D eigenvalue weighted by atomic mass is 9.82. The Kier molecular flexibility index (Phi) is 5.02. The SMILES string of the molecule is O=C(Nc1ccc(S(=O)(=O)N2CCCc3ccccc32)cc1)[C@@H]1[C@H](C(=O)O)[C@@H]2C=C[C@H]1O2. The molecule has 0 radical (unpaired) electrons. The first kappa shape index (κ1) is 20.7. The van der Waals surface area contributed by atoms with Gasteiger partial charge in [0, 0.05) is 12.2 Å². The van der Waals surface area contributed by atoms with E-state index in [2.05, 4.69) is 5.32 Å². The van der Waals surface area contributed by atoms with Crippen LogP contribution < -0.4 is 9.62 Å². The predicted molar refractivity (Wildman–Crippen MR) is 117 cm³/mol. The van der Waals surface area contributed by atoms with Gasteiger partial charge in [-0.15, -0.1) is 0 Å². The second kappa shape index (κ2) is 7.75. The fourth-order valence-corrected chi connectivity index (χ4v) is 6.27. The summed E-state index contributed by atoms with van der Waals surface area (Å²) in [5.41, 5.74) is 2.09. The molecule has 1 saturated heterocycles. The third kappa shape index (κ3) is 3.37. The number of nitrogens with zero attached hydrogens (tertiary/aromatic N) is 1. The summed E-state index contributed by atoms with van der Waals surface area (Å²) in [6, 6.07) is 13.4. The van der Waals surface area contributed by atoms with Crippen molar-refractivity contribution < 1.29 is 27.9 Å². The molecule has 2 bridgehead atoms. The number of benzene rings is 2. The Morgan fingerprint density at radius 1 is 1.00 bits per heavy atom. The van der Waals surface area contributed by atoms with Crippen molar-refractivity contribution in [2.24, 2.45) is 11.8 Å². The van der Waals surface area contributed by atoms with Gasteiger partial charge < -0.3 is 15.2 Å². The van der Waals surface area contributed by atoms with Gasteiger partial charge in [-0.1, -0.05) is 30.4 Å². The molecule has 1 fully saturated rings. The number of fused-ring (bicyclic) bond motifs is 3. The van der Waals surface area contributed by atoms with Gasteiger partial charge >= 0.3 is 5.97 Å². The van der Waals surface area contributed by atoms with E-state index in [-0.39, 0.29) is 4.90 Å². The number of hydrogen-bond acceptors (Lipinski definition) is 5. The fourth-order valence-electron chi connectivity index (χ4n) is 4.73. The molecule has 1 amide bonds. The van der Waals surface area contributed by atoms with E-state index in [4.69, 9.17) is 4.74 Å². The van der Waals surface area contributed by atoms with Crippen molar-refractivity contribution in [2.45, 2.75) is 29.9 Å². The molecular weight excluding hydrogens is 432 g/mol. The Labute approximate surface area is 185 Å². The molecule has 0 spiro atoms. The lowest BCUT2D eigenvalue weighted by molar-refractivity contribution is -0.145. The van der Waals surface area contributed by atoms with Crippen LogP contribution in [0.4, 0.5) is 11.4 Å². The molecule has 8 nitrogen and oxygen atoms in total. The summed E-state index contributed by atoms with van der Waals surface area (Å²) in [7, 11) is -3.75. The number of para-hydroxylation sites is 1. The van der Waals surface area contributed by atoms with Crippen LogP contribution in [-0.4, -0.2) is 44.2 Å². The standard InChI is InChI=1S/C23H22N2O6S/c26-22(20-18-11-12-19(31-18)21(20)23(27)28)24-15-7-9-16(10-8-15)32(29,30)25-13-3-5-14-4-1-2-6-17(14)25/h1-2,4,6-12,18-21H,3,5,13H2,(H,24,26)(H,27,28)/t18-,19+,20+,21-/m1/s1. The molecular formula is C23H22N2O6S. The van der Waals surface area contributed by atoms with Crippen molar-refractivity contribution in [3.8, 4) is 0 Å². The van der Waals surface area contributed by atoms with Gasteiger partial charge in [-0.2, -0.15) is 0 Å². The van der Waals surface area contributed by atoms with Crippen molar-refractivity contribution in [1.82, 2.24) is 0 Å². The minimum Gasteiger partial charge on any atom is -0.481 e. The third-order valence-corrected chi connectivity index (χ3v) is 8.09. The molecule has 3 heterocycles. The van der Waals surface area contributed by atoms with Crippen LogP contribution in [0.2, 0.25) is 0 Å². The maximum Gasteiger partial charge on any atom is 0.310 e. The highest BCUT2D eigenvalue weighted by Crippen LogP contribution is 2.40. The molecule has 166 valence electrons. The number of aryl methyl sites for hydroxylation is 1. The van der Waals surface area contributed by atoms with Crippen LogP contribution >= 0.6 is 0 Å². The average Bonchev–Trinajstić information content (AvgIpc) is 3.41. The Morgan fingerprint density at radius 3 is 2.41 bits per heavy atom. The Bertz CT molecular complexity index is 1210. The minimum atomic E-state index is -3.75. The molecule has 32 heavy (non-hydrogen) atoms. The fraction of sp³-hybridized carbons (Fsp3) is 0.304.